The monoisotopic (exact) mass is 494 g/mol. The fraction of sp³-hybridized carbons (Fsp3) is 0.619. The number of carbonyl (C=O) groups is 1. The van der Waals surface area contributed by atoms with Gasteiger partial charge in [0.15, 0.2) is 0 Å². The average molecular weight is 495 g/mol. The van der Waals surface area contributed by atoms with Crippen molar-refractivity contribution in [1.29, 1.82) is 0 Å². The fourth-order valence-corrected chi connectivity index (χ4v) is 6.75. The van der Waals surface area contributed by atoms with Crippen molar-refractivity contribution in [2.75, 3.05) is 30.8 Å². The number of sulfonamides is 1. The van der Waals surface area contributed by atoms with Crippen molar-refractivity contribution < 1.29 is 17.9 Å². The van der Waals surface area contributed by atoms with E-state index in [-0.39, 0.29) is 22.7 Å². The third-order valence-electron chi connectivity index (χ3n) is 5.84. The van der Waals surface area contributed by atoms with Gasteiger partial charge in [0.25, 0.3) is 0 Å². The Balaban J connectivity index is 1.31. The third-order valence-corrected chi connectivity index (χ3v) is 8.65. The SMILES string of the molecule is C[C@@H]1C[C@H](C)CN(S(=O)(=O)c2ccc(NC(=O)CSc3nnnn3C[C@H]3CCCO3)cc2)C1. The van der Waals surface area contributed by atoms with Crippen LogP contribution >= 0.6 is 11.8 Å². The minimum Gasteiger partial charge on any atom is -0.376 e. The second-order valence-electron chi connectivity index (χ2n) is 8.91. The van der Waals surface area contributed by atoms with Crippen LogP contribution in [-0.2, 0) is 26.1 Å². The van der Waals surface area contributed by atoms with E-state index in [2.05, 4.69) is 34.7 Å². The van der Waals surface area contributed by atoms with E-state index in [9.17, 15) is 13.2 Å². The number of carbonyl (C=O) groups excluding carboxylic acids is 1. The Kier molecular flexibility index (Phi) is 7.67. The van der Waals surface area contributed by atoms with Crippen LogP contribution in [0, 0.1) is 11.8 Å². The summed E-state index contributed by atoms with van der Waals surface area (Å²) in [6, 6.07) is 6.33. The van der Waals surface area contributed by atoms with Gasteiger partial charge in [-0.3, -0.25) is 4.79 Å². The summed E-state index contributed by atoms with van der Waals surface area (Å²) in [6.07, 6.45) is 3.16. The first-order valence-electron chi connectivity index (χ1n) is 11.2. The van der Waals surface area contributed by atoms with Crippen molar-refractivity contribution in [3.8, 4) is 0 Å². The number of aromatic nitrogens is 4. The van der Waals surface area contributed by atoms with Crippen LogP contribution in [-0.4, -0.2) is 70.4 Å². The molecule has 10 nitrogen and oxygen atoms in total. The smallest absolute Gasteiger partial charge is 0.243 e. The molecule has 1 amide bonds. The van der Waals surface area contributed by atoms with E-state index in [1.54, 1.807) is 33.3 Å². The second kappa shape index (κ2) is 10.5. The highest BCUT2D eigenvalue weighted by atomic mass is 32.2. The standard InChI is InChI=1S/C21H30N6O4S2/c1-15-10-16(2)12-26(11-15)33(29,30)19-7-5-17(6-8-19)22-20(28)14-32-21-23-24-25-27(21)13-18-4-3-9-31-18/h5-8,15-16,18H,3-4,9-14H2,1-2H3,(H,22,28)/t15-,16+,18-/m1/s1. The van der Waals surface area contributed by atoms with Crippen molar-refractivity contribution in [2.45, 2.75) is 55.8 Å². The quantitative estimate of drug-likeness (QED) is 0.555. The number of hydrogen-bond acceptors (Lipinski definition) is 8. The van der Waals surface area contributed by atoms with Crippen LogP contribution in [0.5, 0.6) is 0 Å². The molecule has 2 saturated heterocycles. The Morgan fingerprint density at radius 3 is 2.61 bits per heavy atom. The Morgan fingerprint density at radius 1 is 1.21 bits per heavy atom. The molecule has 1 N–H and O–H groups in total. The molecule has 0 saturated carbocycles. The van der Waals surface area contributed by atoms with Crippen LogP contribution in [0.25, 0.3) is 0 Å². The number of tetrazole rings is 1. The molecule has 0 radical (unpaired) electrons. The Morgan fingerprint density at radius 2 is 1.94 bits per heavy atom. The van der Waals surface area contributed by atoms with Crippen molar-refractivity contribution in [2.24, 2.45) is 11.8 Å². The zero-order valence-electron chi connectivity index (χ0n) is 18.9. The summed E-state index contributed by atoms with van der Waals surface area (Å²) >= 11 is 1.25. The van der Waals surface area contributed by atoms with Gasteiger partial charge in [-0.25, -0.2) is 13.1 Å². The van der Waals surface area contributed by atoms with Gasteiger partial charge in [-0.2, -0.15) is 4.31 Å². The molecule has 3 heterocycles. The number of nitrogens with zero attached hydrogens (tertiary/aromatic N) is 5. The first-order valence-corrected chi connectivity index (χ1v) is 13.6. The molecule has 12 heteroatoms. The van der Waals surface area contributed by atoms with Gasteiger partial charge in [0.05, 0.1) is 23.3 Å². The van der Waals surface area contributed by atoms with E-state index in [0.29, 0.717) is 42.3 Å². The van der Waals surface area contributed by atoms with Gasteiger partial charge < -0.3 is 10.1 Å². The summed E-state index contributed by atoms with van der Waals surface area (Å²) < 4.78 is 34.9. The largest absolute Gasteiger partial charge is 0.376 e. The van der Waals surface area contributed by atoms with Gasteiger partial charge in [0.2, 0.25) is 21.1 Å². The third kappa shape index (κ3) is 6.11. The first kappa shape index (κ1) is 24.1. The highest BCUT2D eigenvalue weighted by molar-refractivity contribution is 7.99. The van der Waals surface area contributed by atoms with Gasteiger partial charge >= 0.3 is 0 Å². The number of anilines is 1. The number of nitrogens with one attached hydrogen (secondary N) is 1. The van der Waals surface area contributed by atoms with Crippen LogP contribution in [0.4, 0.5) is 5.69 Å². The van der Waals surface area contributed by atoms with Gasteiger partial charge in [-0.05, 0) is 65.8 Å². The normalized spacial score (nSPS) is 24.1. The number of ether oxygens (including phenoxy) is 1. The summed E-state index contributed by atoms with van der Waals surface area (Å²) in [5, 5.41) is 15.0. The molecule has 1 aromatic heterocycles. The summed E-state index contributed by atoms with van der Waals surface area (Å²) in [4.78, 5) is 12.6. The van der Waals surface area contributed by atoms with Crippen molar-refractivity contribution in [1.82, 2.24) is 24.5 Å². The molecular formula is C21H30N6O4S2. The Labute approximate surface area is 198 Å². The number of benzene rings is 1. The van der Waals surface area contributed by atoms with E-state index in [4.69, 9.17) is 4.74 Å². The molecule has 0 bridgehead atoms. The molecule has 1 aromatic carbocycles. The van der Waals surface area contributed by atoms with Crippen molar-refractivity contribution in [3.05, 3.63) is 24.3 Å². The van der Waals surface area contributed by atoms with Crippen LogP contribution in [0.1, 0.15) is 33.1 Å². The molecular weight excluding hydrogens is 464 g/mol. The maximum atomic E-state index is 13.0. The zero-order chi connectivity index (χ0) is 23.4. The lowest BCUT2D eigenvalue weighted by Gasteiger charge is -2.34. The topological polar surface area (TPSA) is 119 Å². The minimum absolute atomic E-state index is 0.104. The molecule has 2 fully saturated rings. The lowest BCUT2D eigenvalue weighted by molar-refractivity contribution is -0.113. The van der Waals surface area contributed by atoms with Crippen LogP contribution in [0.3, 0.4) is 0 Å². The lowest BCUT2D eigenvalue weighted by atomic mass is 9.94. The molecule has 0 unspecified atom stereocenters. The van der Waals surface area contributed by atoms with E-state index in [0.717, 1.165) is 25.9 Å². The molecule has 0 spiro atoms. The maximum Gasteiger partial charge on any atom is 0.243 e. The molecule has 180 valence electrons. The van der Waals surface area contributed by atoms with Crippen LogP contribution < -0.4 is 5.32 Å². The second-order valence-corrected chi connectivity index (χ2v) is 11.8. The van der Waals surface area contributed by atoms with Crippen LogP contribution in [0.15, 0.2) is 34.3 Å². The number of amides is 1. The van der Waals surface area contributed by atoms with Gasteiger partial charge in [0, 0.05) is 25.4 Å². The number of piperidine rings is 1. The zero-order valence-corrected chi connectivity index (χ0v) is 20.5. The maximum absolute atomic E-state index is 13.0. The predicted octanol–water partition coefficient (Wildman–Crippen LogP) is 2.25. The van der Waals surface area contributed by atoms with E-state index >= 15 is 0 Å². The van der Waals surface area contributed by atoms with Gasteiger partial charge in [0.1, 0.15) is 0 Å². The highest BCUT2D eigenvalue weighted by Crippen LogP contribution is 2.27. The van der Waals surface area contributed by atoms with Crippen molar-refractivity contribution >= 4 is 33.4 Å². The molecule has 3 atom stereocenters. The van der Waals surface area contributed by atoms with E-state index < -0.39 is 10.0 Å². The number of hydrogen-bond donors (Lipinski definition) is 1. The van der Waals surface area contributed by atoms with E-state index in [1.807, 2.05) is 0 Å². The first-order chi connectivity index (χ1) is 15.8. The highest BCUT2D eigenvalue weighted by Gasteiger charge is 2.31. The summed E-state index contributed by atoms with van der Waals surface area (Å²) in [6.45, 7) is 6.56. The molecule has 33 heavy (non-hydrogen) atoms. The van der Waals surface area contributed by atoms with Crippen LogP contribution in [0.2, 0.25) is 0 Å². The summed E-state index contributed by atoms with van der Waals surface area (Å²) in [7, 11) is -3.55. The van der Waals surface area contributed by atoms with Crippen molar-refractivity contribution in [3.63, 3.8) is 0 Å². The van der Waals surface area contributed by atoms with E-state index in [1.165, 1.54) is 11.8 Å². The number of thioether (sulfide) groups is 1. The Bertz CT molecular complexity index is 1040. The molecule has 4 rings (SSSR count). The Hall–Kier alpha value is -2.02. The fourth-order valence-electron chi connectivity index (χ4n) is 4.38. The molecule has 2 aromatic rings. The minimum atomic E-state index is -3.55. The summed E-state index contributed by atoms with van der Waals surface area (Å²) in [5.41, 5.74) is 0.541. The van der Waals surface area contributed by atoms with Gasteiger partial charge in [-0.1, -0.05) is 25.6 Å². The predicted molar refractivity (Wildman–Crippen MR) is 124 cm³/mol. The average Bonchev–Trinajstić information content (AvgIpc) is 3.44. The van der Waals surface area contributed by atoms with Gasteiger partial charge in [-0.15, -0.1) is 5.10 Å². The number of rotatable bonds is 8. The summed E-state index contributed by atoms with van der Waals surface area (Å²) in [5.74, 6) is 0.591. The molecule has 2 aliphatic rings. The molecule has 2 aliphatic heterocycles. The lowest BCUT2D eigenvalue weighted by Crippen LogP contribution is -2.42. The molecule has 0 aliphatic carbocycles.